The second-order valence-electron chi connectivity index (χ2n) is 13.6. The molecule has 0 radical (unpaired) electrons. The van der Waals surface area contributed by atoms with Gasteiger partial charge in [-0.2, -0.15) is 9.97 Å². The largest absolute Gasteiger partial charge is 0.388 e. The standard InChI is InChI=1S/C36H46N10O4/c1-2-29(47)41-27-17-28(32(49)31(27)48)46-21-39-30-33(38-18-26(22-9-5-3-6-10-22)23-11-7-4-8-12-23)42-35(43-34(30)46)44-16-14-25(20-44)40-36(50)45-15-13-24(37)19-45/h3-12,21,24-28,31-32,48-49H,2,13-20,37H2,1H3,(H,40,50)(H,41,47)(H,38,42,43)/t24-,25-,27+,28-,31-,32+/m1/s1. The van der Waals surface area contributed by atoms with Crippen molar-refractivity contribution in [3.8, 4) is 0 Å². The van der Waals surface area contributed by atoms with Gasteiger partial charge in [0.05, 0.1) is 18.4 Å². The van der Waals surface area contributed by atoms with E-state index in [2.05, 4.69) is 45.1 Å². The fraction of sp³-hybridized carbons (Fsp3) is 0.472. The van der Waals surface area contributed by atoms with Crippen LogP contribution in [0, 0.1) is 0 Å². The summed E-state index contributed by atoms with van der Waals surface area (Å²) in [5.74, 6) is 0.848. The van der Waals surface area contributed by atoms with Crippen molar-refractivity contribution in [2.75, 3.05) is 42.9 Å². The van der Waals surface area contributed by atoms with Crippen LogP contribution in [0.15, 0.2) is 67.0 Å². The molecule has 2 aliphatic heterocycles. The van der Waals surface area contributed by atoms with Crippen LogP contribution in [0.3, 0.4) is 0 Å². The van der Waals surface area contributed by atoms with Crippen LogP contribution < -0.4 is 26.6 Å². The van der Waals surface area contributed by atoms with E-state index < -0.39 is 24.3 Å². The molecule has 4 heterocycles. The van der Waals surface area contributed by atoms with E-state index in [0.29, 0.717) is 62.1 Å². The molecule has 1 aliphatic carbocycles. The molecule has 0 spiro atoms. The molecule has 3 amide bonds. The Morgan fingerprint density at radius 3 is 2.32 bits per heavy atom. The van der Waals surface area contributed by atoms with Crippen molar-refractivity contribution in [2.24, 2.45) is 5.73 Å². The summed E-state index contributed by atoms with van der Waals surface area (Å²) in [5, 5.41) is 31.7. The maximum atomic E-state index is 12.9. The summed E-state index contributed by atoms with van der Waals surface area (Å²) in [6.07, 6.45) is 1.45. The number of urea groups is 1. The summed E-state index contributed by atoms with van der Waals surface area (Å²) in [7, 11) is 0. The Morgan fingerprint density at radius 1 is 0.940 bits per heavy atom. The van der Waals surface area contributed by atoms with Crippen molar-refractivity contribution in [2.45, 2.75) is 74.9 Å². The second-order valence-corrected chi connectivity index (χ2v) is 13.6. The minimum Gasteiger partial charge on any atom is -0.388 e. The normalized spacial score (nSPS) is 25.1. The lowest BCUT2D eigenvalue weighted by atomic mass is 9.91. The number of rotatable bonds is 10. The molecule has 50 heavy (non-hydrogen) atoms. The quantitative estimate of drug-likeness (QED) is 0.144. The number of nitrogens with zero attached hydrogens (tertiary/aromatic N) is 6. The van der Waals surface area contributed by atoms with E-state index in [0.717, 1.165) is 24.0 Å². The number of hydrogen-bond acceptors (Lipinski definition) is 10. The van der Waals surface area contributed by atoms with Crippen LogP contribution in [0.2, 0.25) is 0 Å². The molecule has 0 unspecified atom stereocenters. The van der Waals surface area contributed by atoms with Crippen molar-refractivity contribution in [3.05, 3.63) is 78.1 Å². The molecule has 1 saturated carbocycles. The zero-order valence-corrected chi connectivity index (χ0v) is 28.2. The first-order valence-corrected chi connectivity index (χ1v) is 17.6. The highest BCUT2D eigenvalue weighted by atomic mass is 16.3. The maximum Gasteiger partial charge on any atom is 0.317 e. The molecule has 0 bridgehead atoms. The number of likely N-dealkylation sites (tertiary alicyclic amines) is 1. The Morgan fingerprint density at radius 2 is 1.66 bits per heavy atom. The number of hydrogen-bond donors (Lipinski definition) is 6. The average molecular weight is 683 g/mol. The van der Waals surface area contributed by atoms with Crippen LogP contribution >= 0.6 is 0 Å². The molecule has 264 valence electrons. The number of imidazole rings is 1. The molecule has 2 saturated heterocycles. The molecule has 2 aromatic carbocycles. The fourth-order valence-electron chi connectivity index (χ4n) is 7.44. The molecule has 2 aromatic heterocycles. The first kappa shape index (κ1) is 33.7. The molecule has 4 aromatic rings. The van der Waals surface area contributed by atoms with Gasteiger partial charge in [0.25, 0.3) is 0 Å². The Bertz CT molecular complexity index is 1750. The maximum absolute atomic E-state index is 12.9. The van der Waals surface area contributed by atoms with E-state index in [4.69, 9.17) is 20.7 Å². The Kier molecular flexibility index (Phi) is 9.83. The minimum atomic E-state index is -1.14. The van der Waals surface area contributed by atoms with Gasteiger partial charge < -0.3 is 46.3 Å². The van der Waals surface area contributed by atoms with Gasteiger partial charge in [-0.25, -0.2) is 9.78 Å². The number of carbonyl (C=O) groups excluding carboxylic acids is 2. The van der Waals surface area contributed by atoms with Crippen LogP contribution in [-0.2, 0) is 4.79 Å². The molecular weight excluding hydrogens is 636 g/mol. The predicted molar refractivity (Wildman–Crippen MR) is 190 cm³/mol. The molecule has 7 N–H and O–H groups in total. The number of aliphatic hydroxyl groups excluding tert-OH is 2. The fourth-order valence-corrected chi connectivity index (χ4v) is 7.44. The average Bonchev–Trinajstić information content (AvgIpc) is 3.94. The summed E-state index contributed by atoms with van der Waals surface area (Å²) < 4.78 is 1.79. The van der Waals surface area contributed by atoms with Crippen LogP contribution in [-0.4, -0.2) is 110 Å². The number of carbonyl (C=O) groups is 2. The number of benzene rings is 2. The third-order valence-corrected chi connectivity index (χ3v) is 10.3. The van der Waals surface area contributed by atoms with Crippen molar-refractivity contribution >= 4 is 34.9 Å². The summed E-state index contributed by atoms with van der Waals surface area (Å²) in [6, 6.07) is 19.2. The summed E-state index contributed by atoms with van der Waals surface area (Å²) in [4.78, 5) is 43.7. The summed E-state index contributed by atoms with van der Waals surface area (Å²) >= 11 is 0. The van der Waals surface area contributed by atoms with Gasteiger partial charge >= 0.3 is 6.03 Å². The zero-order chi connectivity index (χ0) is 34.8. The van der Waals surface area contributed by atoms with E-state index in [9.17, 15) is 19.8 Å². The summed E-state index contributed by atoms with van der Waals surface area (Å²) in [5.41, 5.74) is 9.38. The third-order valence-electron chi connectivity index (χ3n) is 10.3. The number of nitrogens with one attached hydrogen (secondary N) is 3. The number of amides is 3. The number of aliphatic hydroxyl groups is 2. The molecule has 3 aliphatic rings. The van der Waals surface area contributed by atoms with Gasteiger partial charge in [0.15, 0.2) is 17.0 Å². The van der Waals surface area contributed by atoms with Crippen molar-refractivity contribution in [3.63, 3.8) is 0 Å². The van der Waals surface area contributed by atoms with Crippen molar-refractivity contribution in [1.29, 1.82) is 0 Å². The van der Waals surface area contributed by atoms with Gasteiger partial charge in [-0.15, -0.1) is 0 Å². The minimum absolute atomic E-state index is 0.0118. The van der Waals surface area contributed by atoms with E-state index >= 15 is 0 Å². The van der Waals surface area contributed by atoms with Crippen LogP contribution in [0.4, 0.5) is 16.6 Å². The van der Waals surface area contributed by atoms with Crippen LogP contribution in [0.5, 0.6) is 0 Å². The Hall–Kier alpha value is -4.79. The summed E-state index contributed by atoms with van der Waals surface area (Å²) in [6.45, 7) is 4.64. The monoisotopic (exact) mass is 682 g/mol. The second kappa shape index (κ2) is 14.6. The number of anilines is 2. The first-order chi connectivity index (χ1) is 24.3. The lowest BCUT2D eigenvalue weighted by molar-refractivity contribution is -0.122. The molecule has 14 nitrogen and oxygen atoms in total. The topological polar surface area (TPSA) is 187 Å². The molecule has 14 heteroatoms. The number of aromatic nitrogens is 4. The van der Waals surface area contributed by atoms with E-state index in [1.165, 1.54) is 0 Å². The van der Waals surface area contributed by atoms with E-state index in [1.807, 2.05) is 36.4 Å². The molecule has 6 atom stereocenters. The van der Waals surface area contributed by atoms with E-state index in [1.54, 1.807) is 22.7 Å². The smallest absolute Gasteiger partial charge is 0.317 e. The molecule has 7 rings (SSSR count). The van der Waals surface area contributed by atoms with Crippen molar-refractivity contribution < 1.29 is 19.8 Å². The van der Waals surface area contributed by atoms with Crippen LogP contribution in [0.1, 0.15) is 55.7 Å². The van der Waals surface area contributed by atoms with Gasteiger partial charge in [-0.3, -0.25) is 4.79 Å². The zero-order valence-electron chi connectivity index (χ0n) is 28.2. The Labute approximate surface area is 291 Å². The predicted octanol–water partition coefficient (Wildman–Crippen LogP) is 1.95. The Balaban J connectivity index is 1.19. The van der Waals surface area contributed by atoms with Crippen molar-refractivity contribution in [1.82, 2.24) is 35.1 Å². The van der Waals surface area contributed by atoms with Gasteiger partial charge in [0, 0.05) is 57.1 Å². The lowest BCUT2D eigenvalue weighted by Gasteiger charge is -2.23. The lowest BCUT2D eigenvalue weighted by Crippen LogP contribution is -2.45. The van der Waals surface area contributed by atoms with Gasteiger partial charge in [0.1, 0.15) is 12.2 Å². The number of fused-ring (bicyclic) bond motifs is 1. The number of nitrogens with two attached hydrogens (primary N) is 1. The van der Waals surface area contributed by atoms with Gasteiger partial charge in [0.2, 0.25) is 11.9 Å². The van der Waals surface area contributed by atoms with Gasteiger partial charge in [-0.1, -0.05) is 67.6 Å². The highest BCUT2D eigenvalue weighted by Crippen LogP contribution is 2.35. The van der Waals surface area contributed by atoms with Gasteiger partial charge in [-0.05, 0) is 30.4 Å². The van der Waals surface area contributed by atoms with Crippen LogP contribution in [0.25, 0.3) is 11.2 Å². The molecule has 3 fully saturated rings. The van der Waals surface area contributed by atoms with E-state index in [-0.39, 0.29) is 36.4 Å². The third kappa shape index (κ3) is 6.96. The highest BCUT2D eigenvalue weighted by molar-refractivity contribution is 5.85. The SMILES string of the molecule is CCC(=O)N[C@H]1C[C@@H](n2cnc3c(NCC(c4ccccc4)c4ccccc4)nc(N4CC[C@@H](NC(=O)N5CC[C@@H](N)C5)C4)nc32)[C@H](O)[C@@H]1O. The first-order valence-electron chi connectivity index (χ1n) is 17.6. The highest BCUT2D eigenvalue weighted by Gasteiger charge is 2.44. The molecular formula is C36H46N10O4.